The Morgan fingerprint density at radius 3 is 2.53 bits per heavy atom. The molecular formula is C13H13NOS2. The Bertz CT molecular complexity index is 578. The molecule has 0 aromatic carbocycles. The molecule has 2 heterocycles. The molecule has 2 aromatic rings. The SMILES string of the molecule is Cc1ccc(/C=C/C(=O)c2sc(C)nc2C)s1. The van der Waals surface area contributed by atoms with Gasteiger partial charge in [0.05, 0.1) is 15.6 Å². The molecule has 0 unspecified atom stereocenters. The predicted octanol–water partition coefficient (Wildman–Crippen LogP) is 4.03. The van der Waals surface area contributed by atoms with Crippen LogP contribution in [0.3, 0.4) is 0 Å². The van der Waals surface area contributed by atoms with Crippen LogP contribution in [-0.4, -0.2) is 10.8 Å². The van der Waals surface area contributed by atoms with E-state index in [0.717, 1.165) is 20.5 Å². The number of carbonyl (C=O) groups excluding carboxylic acids is 1. The van der Waals surface area contributed by atoms with Crippen molar-refractivity contribution in [3.05, 3.63) is 43.5 Å². The van der Waals surface area contributed by atoms with Crippen LogP contribution in [-0.2, 0) is 0 Å². The van der Waals surface area contributed by atoms with E-state index in [0.29, 0.717) is 0 Å². The monoisotopic (exact) mass is 263 g/mol. The van der Waals surface area contributed by atoms with Gasteiger partial charge in [-0.3, -0.25) is 4.79 Å². The van der Waals surface area contributed by atoms with E-state index in [4.69, 9.17) is 0 Å². The number of carbonyl (C=O) groups is 1. The van der Waals surface area contributed by atoms with E-state index < -0.39 is 0 Å². The zero-order valence-electron chi connectivity index (χ0n) is 9.98. The number of allylic oxidation sites excluding steroid dienone is 1. The standard InChI is InChI=1S/C13H13NOS2/c1-8-4-5-11(16-8)6-7-12(15)13-9(2)14-10(3)17-13/h4-7H,1-3H3/b7-6+. The predicted molar refractivity (Wildman–Crippen MR) is 74.0 cm³/mol. The maximum absolute atomic E-state index is 11.9. The van der Waals surface area contributed by atoms with E-state index in [1.54, 1.807) is 17.4 Å². The molecule has 2 aromatic heterocycles. The molecular weight excluding hydrogens is 250 g/mol. The van der Waals surface area contributed by atoms with Crippen LogP contribution in [0.4, 0.5) is 0 Å². The van der Waals surface area contributed by atoms with Gasteiger partial charge < -0.3 is 0 Å². The third-order valence-corrected chi connectivity index (χ3v) is 4.34. The summed E-state index contributed by atoms with van der Waals surface area (Å²) in [6, 6.07) is 4.07. The van der Waals surface area contributed by atoms with Gasteiger partial charge >= 0.3 is 0 Å². The zero-order chi connectivity index (χ0) is 12.4. The molecule has 0 radical (unpaired) electrons. The molecule has 0 aliphatic heterocycles. The molecule has 0 fully saturated rings. The van der Waals surface area contributed by atoms with Gasteiger partial charge in [-0.25, -0.2) is 4.98 Å². The molecule has 17 heavy (non-hydrogen) atoms. The molecule has 0 spiro atoms. The number of hydrogen-bond donors (Lipinski definition) is 0. The normalized spacial score (nSPS) is 11.2. The van der Waals surface area contributed by atoms with E-state index in [9.17, 15) is 4.79 Å². The van der Waals surface area contributed by atoms with Crippen molar-refractivity contribution in [2.75, 3.05) is 0 Å². The lowest BCUT2D eigenvalue weighted by Crippen LogP contribution is -1.92. The van der Waals surface area contributed by atoms with Gasteiger partial charge in [0.1, 0.15) is 0 Å². The number of rotatable bonds is 3. The highest BCUT2D eigenvalue weighted by Crippen LogP contribution is 2.20. The van der Waals surface area contributed by atoms with E-state index in [1.165, 1.54) is 16.2 Å². The van der Waals surface area contributed by atoms with Gasteiger partial charge in [-0.2, -0.15) is 0 Å². The molecule has 0 saturated heterocycles. The smallest absolute Gasteiger partial charge is 0.197 e. The summed E-state index contributed by atoms with van der Waals surface area (Å²) >= 11 is 3.14. The molecule has 0 atom stereocenters. The molecule has 0 aliphatic rings. The first kappa shape index (κ1) is 12.2. The molecule has 0 N–H and O–H groups in total. The summed E-state index contributed by atoms with van der Waals surface area (Å²) in [6.45, 7) is 5.85. The van der Waals surface area contributed by atoms with Gasteiger partial charge in [-0.1, -0.05) is 0 Å². The summed E-state index contributed by atoms with van der Waals surface area (Å²) < 4.78 is 0. The minimum atomic E-state index is 0.0409. The van der Waals surface area contributed by atoms with Crippen LogP contribution in [0.1, 0.15) is 30.1 Å². The van der Waals surface area contributed by atoms with Crippen molar-refractivity contribution < 1.29 is 4.79 Å². The van der Waals surface area contributed by atoms with Crippen LogP contribution in [0, 0.1) is 20.8 Å². The summed E-state index contributed by atoms with van der Waals surface area (Å²) in [4.78, 5) is 19.3. The molecule has 2 rings (SSSR count). The Labute approximate surface area is 109 Å². The molecule has 4 heteroatoms. The van der Waals surface area contributed by atoms with Crippen LogP contribution in [0.5, 0.6) is 0 Å². The Hall–Kier alpha value is -1.26. The fraction of sp³-hybridized carbons (Fsp3) is 0.231. The van der Waals surface area contributed by atoms with Crippen LogP contribution in [0.15, 0.2) is 18.2 Å². The average Bonchev–Trinajstić information content (AvgIpc) is 2.81. The maximum atomic E-state index is 11.9. The van der Waals surface area contributed by atoms with Gasteiger partial charge in [0, 0.05) is 9.75 Å². The number of aromatic nitrogens is 1. The molecule has 0 amide bonds. The van der Waals surface area contributed by atoms with Crippen molar-refractivity contribution in [3.63, 3.8) is 0 Å². The van der Waals surface area contributed by atoms with Crippen molar-refractivity contribution in [1.82, 2.24) is 4.98 Å². The molecule has 0 aliphatic carbocycles. The van der Waals surface area contributed by atoms with Crippen LogP contribution < -0.4 is 0 Å². The Morgan fingerprint density at radius 2 is 2.00 bits per heavy atom. The second-order valence-corrected chi connectivity index (χ2v) is 6.32. The first-order chi connectivity index (χ1) is 8.06. The van der Waals surface area contributed by atoms with E-state index >= 15 is 0 Å². The third kappa shape index (κ3) is 2.90. The fourth-order valence-electron chi connectivity index (χ4n) is 1.54. The Morgan fingerprint density at radius 1 is 1.24 bits per heavy atom. The van der Waals surface area contributed by atoms with Crippen LogP contribution in [0.25, 0.3) is 6.08 Å². The largest absolute Gasteiger partial charge is 0.288 e. The Kier molecular flexibility index (Phi) is 3.54. The van der Waals surface area contributed by atoms with Gasteiger partial charge in [-0.15, -0.1) is 22.7 Å². The van der Waals surface area contributed by atoms with E-state index in [1.807, 2.05) is 26.0 Å². The third-order valence-electron chi connectivity index (χ3n) is 2.29. The van der Waals surface area contributed by atoms with Crippen molar-refractivity contribution >= 4 is 34.5 Å². The summed E-state index contributed by atoms with van der Waals surface area (Å²) in [7, 11) is 0. The lowest BCUT2D eigenvalue weighted by Gasteiger charge is -1.90. The lowest BCUT2D eigenvalue weighted by atomic mass is 10.2. The van der Waals surface area contributed by atoms with Gasteiger partial charge in [0.2, 0.25) is 0 Å². The summed E-state index contributed by atoms with van der Waals surface area (Å²) in [5.41, 5.74) is 0.824. The van der Waals surface area contributed by atoms with E-state index in [2.05, 4.69) is 18.0 Å². The number of ketones is 1. The molecule has 0 saturated carbocycles. The van der Waals surface area contributed by atoms with Gasteiger partial charge in [0.15, 0.2) is 5.78 Å². The first-order valence-corrected chi connectivity index (χ1v) is 6.92. The number of nitrogens with zero attached hydrogens (tertiary/aromatic N) is 1. The number of thiazole rings is 1. The highest BCUT2D eigenvalue weighted by Gasteiger charge is 2.10. The van der Waals surface area contributed by atoms with Crippen LogP contribution in [0.2, 0.25) is 0 Å². The minimum absolute atomic E-state index is 0.0409. The number of aryl methyl sites for hydroxylation is 3. The fourth-order valence-corrected chi connectivity index (χ4v) is 3.16. The minimum Gasteiger partial charge on any atom is -0.288 e. The van der Waals surface area contributed by atoms with Gasteiger partial charge in [0.25, 0.3) is 0 Å². The van der Waals surface area contributed by atoms with E-state index in [-0.39, 0.29) is 5.78 Å². The van der Waals surface area contributed by atoms with Gasteiger partial charge in [-0.05, 0) is 45.1 Å². The zero-order valence-corrected chi connectivity index (χ0v) is 11.6. The lowest BCUT2D eigenvalue weighted by molar-refractivity contribution is 0.105. The second-order valence-electron chi connectivity index (χ2n) is 3.79. The number of hydrogen-bond acceptors (Lipinski definition) is 4. The molecule has 2 nitrogen and oxygen atoms in total. The van der Waals surface area contributed by atoms with Crippen molar-refractivity contribution in [2.45, 2.75) is 20.8 Å². The average molecular weight is 263 g/mol. The van der Waals surface area contributed by atoms with Crippen molar-refractivity contribution in [2.24, 2.45) is 0 Å². The highest BCUT2D eigenvalue weighted by molar-refractivity contribution is 7.14. The van der Waals surface area contributed by atoms with Crippen molar-refractivity contribution in [3.8, 4) is 0 Å². The molecule has 0 bridgehead atoms. The highest BCUT2D eigenvalue weighted by atomic mass is 32.1. The topological polar surface area (TPSA) is 30.0 Å². The van der Waals surface area contributed by atoms with Crippen LogP contribution >= 0.6 is 22.7 Å². The summed E-state index contributed by atoms with van der Waals surface area (Å²) in [5.74, 6) is 0.0409. The summed E-state index contributed by atoms with van der Waals surface area (Å²) in [6.07, 6.45) is 3.50. The second kappa shape index (κ2) is 4.94. The first-order valence-electron chi connectivity index (χ1n) is 5.29. The maximum Gasteiger partial charge on any atom is 0.197 e. The quantitative estimate of drug-likeness (QED) is 0.618. The molecule has 88 valence electrons. The van der Waals surface area contributed by atoms with Crippen molar-refractivity contribution in [1.29, 1.82) is 0 Å². The number of thiophene rings is 1. The summed E-state index contributed by atoms with van der Waals surface area (Å²) in [5, 5.41) is 0.936. The Balaban J connectivity index is 2.17.